The molecule has 0 aliphatic heterocycles. The highest BCUT2D eigenvalue weighted by Crippen LogP contribution is 2.68. The summed E-state index contributed by atoms with van der Waals surface area (Å²) in [5.74, 6) is 1.85. The van der Waals surface area contributed by atoms with Gasteiger partial charge in [-0.3, -0.25) is 5.10 Å². The Bertz CT molecular complexity index is 586. The fourth-order valence-corrected chi connectivity index (χ4v) is 4.44. The van der Waals surface area contributed by atoms with Gasteiger partial charge in [0.2, 0.25) is 0 Å². The molecular formula is C15H18N2. The standard InChI is InChI=1S/C15H18N2/c1-9-6-7-10-8-16-17-14(10)13(9)15(2)11-4-3-5-12(11)15/h6-8,11-12H,3-5H2,1-2H3,(H,16,17). The van der Waals surface area contributed by atoms with Gasteiger partial charge in [-0.05, 0) is 42.7 Å². The summed E-state index contributed by atoms with van der Waals surface area (Å²) in [4.78, 5) is 0. The van der Waals surface area contributed by atoms with E-state index in [1.807, 2.05) is 6.20 Å². The van der Waals surface area contributed by atoms with Gasteiger partial charge in [0.15, 0.2) is 0 Å². The van der Waals surface area contributed by atoms with Crippen molar-refractivity contribution >= 4 is 10.9 Å². The van der Waals surface area contributed by atoms with E-state index in [1.165, 1.54) is 35.7 Å². The second-order valence-corrected chi connectivity index (χ2v) is 6.02. The van der Waals surface area contributed by atoms with E-state index in [1.54, 1.807) is 5.56 Å². The highest BCUT2D eigenvalue weighted by atomic mass is 15.1. The molecule has 2 unspecified atom stereocenters. The summed E-state index contributed by atoms with van der Waals surface area (Å²) in [6, 6.07) is 4.44. The van der Waals surface area contributed by atoms with E-state index in [4.69, 9.17) is 0 Å². The van der Waals surface area contributed by atoms with Crippen LogP contribution in [0.15, 0.2) is 18.3 Å². The number of rotatable bonds is 1. The second-order valence-electron chi connectivity index (χ2n) is 6.02. The molecule has 2 fully saturated rings. The third-order valence-electron chi connectivity index (χ3n) is 5.31. The van der Waals surface area contributed by atoms with Crippen molar-refractivity contribution < 1.29 is 0 Å². The molecule has 88 valence electrons. The Kier molecular flexibility index (Phi) is 1.67. The summed E-state index contributed by atoms with van der Waals surface area (Å²) in [5.41, 5.74) is 4.68. The maximum absolute atomic E-state index is 4.21. The SMILES string of the molecule is Cc1ccc2cn[nH]c2c1C1(C)C2CCCC21. The van der Waals surface area contributed by atoms with Crippen LogP contribution in [0.25, 0.3) is 10.9 Å². The fourth-order valence-electron chi connectivity index (χ4n) is 4.44. The molecule has 4 rings (SSSR count). The molecule has 0 bridgehead atoms. The molecule has 2 nitrogen and oxygen atoms in total. The predicted octanol–water partition coefficient (Wildman–Crippen LogP) is 3.56. The van der Waals surface area contributed by atoms with Crippen LogP contribution in [-0.2, 0) is 5.41 Å². The Morgan fingerprint density at radius 2 is 2.06 bits per heavy atom. The molecule has 0 saturated heterocycles. The molecule has 2 aliphatic rings. The molecule has 1 heterocycles. The van der Waals surface area contributed by atoms with Crippen molar-refractivity contribution in [2.24, 2.45) is 11.8 Å². The third kappa shape index (κ3) is 1.04. The lowest BCUT2D eigenvalue weighted by Crippen LogP contribution is -2.12. The molecule has 0 radical (unpaired) electrons. The van der Waals surface area contributed by atoms with Crippen LogP contribution in [-0.4, -0.2) is 10.2 Å². The van der Waals surface area contributed by atoms with Crippen LogP contribution >= 0.6 is 0 Å². The van der Waals surface area contributed by atoms with Gasteiger partial charge < -0.3 is 0 Å². The van der Waals surface area contributed by atoms with E-state index in [0.717, 1.165) is 11.8 Å². The lowest BCUT2D eigenvalue weighted by molar-refractivity contribution is 0.550. The van der Waals surface area contributed by atoms with Crippen molar-refractivity contribution in [3.05, 3.63) is 29.5 Å². The lowest BCUT2D eigenvalue weighted by Gasteiger charge is -2.19. The lowest BCUT2D eigenvalue weighted by atomic mass is 9.85. The Balaban J connectivity index is 1.96. The first-order chi connectivity index (χ1) is 8.23. The Morgan fingerprint density at radius 1 is 1.29 bits per heavy atom. The summed E-state index contributed by atoms with van der Waals surface area (Å²) in [5, 5.41) is 8.69. The minimum Gasteiger partial charge on any atom is -0.278 e. The average molecular weight is 226 g/mol. The molecular weight excluding hydrogens is 208 g/mol. The fraction of sp³-hybridized carbons (Fsp3) is 0.533. The normalized spacial score (nSPS) is 35.2. The molecule has 2 aromatic rings. The molecule has 1 aromatic heterocycles. The highest BCUT2D eigenvalue weighted by Gasteiger charge is 2.64. The Morgan fingerprint density at radius 3 is 2.82 bits per heavy atom. The van der Waals surface area contributed by atoms with E-state index < -0.39 is 0 Å². The Hall–Kier alpha value is -1.31. The monoisotopic (exact) mass is 226 g/mol. The molecule has 17 heavy (non-hydrogen) atoms. The number of hydrogen-bond donors (Lipinski definition) is 1. The van der Waals surface area contributed by atoms with Crippen molar-refractivity contribution in [1.29, 1.82) is 0 Å². The number of nitrogens with zero attached hydrogens (tertiary/aromatic N) is 1. The van der Waals surface area contributed by atoms with E-state index >= 15 is 0 Å². The minimum absolute atomic E-state index is 0.425. The molecule has 0 spiro atoms. The largest absolute Gasteiger partial charge is 0.278 e. The predicted molar refractivity (Wildman–Crippen MR) is 69.0 cm³/mol. The van der Waals surface area contributed by atoms with E-state index in [-0.39, 0.29) is 0 Å². The van der Waals surface area contributed by atoms with Crippen molar-refractivity contribution in [1.82, 2.24) is 10.2 Å². The topological polar surface area (TPSA) is 28.7 Å². The van der Waals surface area contributed by atoms with Crippen molar-refractivity contribution in [2.75, 3.05) is 0 Å². The molecule has 2 saturated carbocycles. The van der Waals surface area contributed by atoms with E-state index in [2.05, 4.69) is 36.2 Å². The van der Waals surface area contributed by atoms with Crippen LogP contribution in [0.1, 0.15) is 37.3 Å². The van der Waals surface area contributed by atoms with Gasteiger partial charge in [-0.1, -0.05) is 25.5 Å². The van der Waals surface area contributed by atoms with Gasteiger partial charge >= 0.3 is 0 Å². The van der Waals surface area contributed by atoms with Crippen molar-refractivity contribution in [2.45, 2.75) is 38.5 Å². The molecule has 0 amide bonds. The molecule has 2 heteroatoms. The van der Waals surface area contributed by atoms with Gasteiger partial charge in [0, 0.05) is 10.8 Å². The van der Waals surface area contributed by atoms with E-state index in [0.29, 0.717) is 5.41 Å². The number of H-pyrrole nitrogens is 1. The smallest absolute Gasteiger partial charge is 0.0690 e. The van der Waals surface area contributed by atoms with Gasteiger partial charge in [-0.15, -0.1) is 0 Å². The maximum atomic E-state index is 4.21. The number of aromatic nitrogens is 2. The number of aryl methyl sites for hydroxylation is 1. The molecule has 1 N–H and O–H groups in total. The van der Waals surface area contributed by atoms with E-state index in [9.17, 15) is 0 Å². The van der Waals surface area contributed by atoms with Gasteiger partial charge in [0.1, 0.15) is 0 Å². The summed E-state index contributed by atoms with van der Waals surface area (Å²) in [7, 11) is 0. The van der Waals surface area contributed by atoms with Crippen LogP contribution < -0.4 is 0 Å². The summed E-state index contributed by atoms with van der Waals surface area (Å²) >= 11 is 0. The first kappa shape index (κ1) is 9.69. The first-order valence-electron chi connectivity index (χ1n) is 6.66. The van der Waals surface area contributed by atoms with Gasteiger partial charge in [0.25, 0.3) is 0 Å². The van der Waals surface area contributed by atoms with Gasteiger partial charge in [-0.2, -0.15) is 5.10 Å². The zero-order chi connectivity index (χ0) is 11.6. The zero-order valence-corrected chi connectivity index (χ0v) is 10.5. The van der Waals surface area contributed by atoms with Gasteiger partial charge in [-0.25, -0.2) is 0 Å². The molecule has 2 atom stereocenters. The zero-order valence-electron chi connectivity index (χ0n) is 10.5. The number of benzene rings is 1. The van der Waals surface area contributed by atoms with Crippen molar-refractivity contribution in [3.63, 3.8) is 0 Å². The quantitative estimate of drug-likeness (QED) is 0.791. The van der Waals surface area contributed by atoms with Crippen molar-refractivity contribution in [3.8, 4) is 0 Å². The minimum atomic E-state index is 0.425. The van der Waals surface area contributed by atoms with Crippen LogP contribution in [0, 0.1) is 18.8 Å². The number of nitrogens with one attached hydrogen (secondary N) is 1. The summed E-state index contributed by atoms with van der Waals surface area (Å²) < 4.78 is 0. The third-order valence-corrected chi connectivity index (χ3v) is 5.31. The average Bonchev–Trinajstić information content (AvgIpc) is 2.81. The number of fused-ring (bicyclic) bond motifs is 2. The summed E-state index contributed by atoms with van der Waals surface area (Å²) in [6.45, 7) is 4.71. The van der Waals surface area contributed by atoms with Crippen LogP contribution in [0.5, 0.6) is 0 Å². The van der Waals surface area contributed by atoms with Gasteiger partial charge in [0.05, 0.1) is 11.7 Å². The maximum Gasteiger partial charge on any atom is 0.0690 e. The number of aromatic amines is 1. The number of hydrogen-bond acceptors (Lipinski definition) is 1. The molecule has 1 aromatic carbocycles. The van der Waals surface area contributed by atoms with Crippen LogP contribution in [0.3, 0.4) is 0 Å². The second kappa shape index (κ2) is 2.92. The van der Waals surface area contributed by atoms with Crippen LogP contribution in [0.4, 0.5) is 0 Å². The van der Waals surface area contributed by atoms with Crippen LogP contribution in [0.2, 0.25) is 0 Å². The Labute approximate surface area is 101 Å². The summed E-state index contributed by atoms with van der Waals surface area (Å²) in [6.07, 6.45) is 6.22. The first-order valence-corrected chi connectivity index (χ1v) is 6.66. The molecule has 2 aliphatic carbocycles. The highest BCUT2D eigenvalue weighted by molar-refractivity contribution is 5.84.